The molecule has 2 aliphatic heterocycles. The van der Waals surface area contributed by atoms with Crippen molar-refractivity contribution in [3.05, 3.63) is 0 Å². The molecule has 2 saturated heterocycles. The molecule has 16 nitrogen and oxygen atoms in total. The molecular weight excluding hydrogens is 465 g/mol. The second-order valence-corrected chi connectivity index (χ2v) is 10.6. The third kappa shape index (κ3) is 7.17. The van der Waals surface area contributed by atoms with Crippen LogP contribution >= 0.6 is 23.5 Å². The Kier molecular flexibility index (Phi) is 7.44. The Morgan fingerprint density at radius 1 is 1.14 bits per heavy atom. The summed E-state index contributed by atoms with van der Waals surface area (Å²) in [7, 11) is -16.6. The summed E-state index contributed by atoms with van der Waals surface area (Å²) in [5.41, 5.74) is 0. The molecule has 0 radical (unpaired) electrons. The van der Waals surface area contributed by atoms with Crippen LogP contribution in [0.1, 0.15) is 13.3 Å². The van der Waals surface area contributed by atoms with Crippen LogP contribution in [0, 0.1) is 5.92 Å². The van der Waals surface area contributed by atoms with Crippen molar-refractivity contribution < 1.29 is 65.8 Å². The molecule has 0 spiro atoms. The minimum Gasteiger partial charge on any atom is -0.390 e. The fourth-order valence-electron chi connectivity index (χ4n) is 2.54. The predicted molar refractivity (Wildman–Crippen MR) is 88.5 cm³/mol. The molecule has 6 atom stereocenters. The number of aliphatic hydroxyl groups is 1. The Morgan fingerprint density at radius 3 is 2.34 bits per heavy atom. The number of hydrogen-bond acceptors (Lipinski definition) is 10. The smallest absolute Gasteiger partial charge is 0.390 e. The lowest BCUT2D eigenvalue weighted by atomic mass is 10.1. The number of aliphatic hydroxyl groups excluding tert-OH is 1. The topological polar surface area (TPSA) is 239 Å². The fourth-order valence-corrected chi connectivity index (χ4v) is 5.57. The van der Waals surface area contributed by atoms with E-state index in [1.807, 2.05) is 0 Å². The molecule has 6 unspecified atom stereocenters. The molecule has 29 heavy (non-hydrogen) atoms. The van der Waals surface area contributed by atoms with E-state index in [1.54, 1.807) is 6.92 Å². The van der Waals surface area contributed by atoms with Crippen LogP contribution in [0.25, 0.3) is 0 Å². The molecule has 6 N–H and O–H groups in total. The number of amides is 3. The highest BCUT2D eigenvalue weighted by atomic mass is 31.3. The van der Waals surface area contributed by atoms with Gasteiger partial charge in [-0.05, 0) is 0 Å². The lowest BCUT2D eigenvalue weighted by Gasteiger charge is -2.34. The average molecular weight is 484 g/mol. The molecule has 2 heterocycles. The standard InChI is InChI=1S/C10H19N2O14P3/c1-5-3-12(10(15)11-9(5)14)8-2-6(13)7(24-8)4-23-28(19,20)26-29(21,22)25-27(16,17)18/h5-8,13H,2-4H2,1H3,(H,19,20)(H,21,22)(H,11,14,15)(H2,16,17,18). The Balaban J connectivity index is 1.93. The number of nitrogens with zero attached hydrogens (tertiary/aromatic N) is 1. The summed E-state index contributed by atoms with van der Waals surface area (Å²) in [4.78, 5) is 59.9. The second kappa shape index (κ2) is 8.79. The molecule has 168 valence electrons. The molecular formula is C10H19N2O14P3. The first-order chi connectivity index (χ1) is 13.1. The summed E-state index contributed by atoms with van der Waals surface area (Å²) in [5.74, 6) is -1.02. The van der Waals surface area contributed by atoms with Crippen LogP contribution in [0.15, 0.2) is 0 Å². The molecule has 0 aromatic heterocycles. The van der Waals surface area contributed by atoms with Crippen LogP contribution in [0.5, 0.6) is 0 Å². The quantitative estimate of drug-likeness (QED) is 0.226. The minimum atomic E-state index is -5.66. The molecule has 2 aliphatic rings. The van der Waals surface area contributed by atoms with Crippen molar-refractivity contribution in [2.75, 3.05) is 13.2 Å². The van der Waals surface area contributed by atoms with Gasteiger partial charge in [0, 0.05) is 13.0 Å². The van der Waals surface area contributed by atoms with E-state index in [2.05, 4.69) is 18.5 Å². The van der Waals surface area contributed by atoms with Crippen molar-refractivity contribution in [1.82, 2.24) is 10.2 Å². The lowest BCUT2D eigenvalue weighted by Crippen LogP contribution is -2.57. The number of carbonyl (C=O) groups excluding carboxylic acids is 2. The van der Waals surface area contributed by atoms with Gasteiger partial charge in [0.15, 0.2) is 0 Å². The number of ether oxygens (including phenoxy) is 1. The molecule has 19 heteroatoms. The van der Waals surface area contributed by atoms with Crippen LogP contribution in [-0.4, -0.2) is 73.1 Å². The summed E-state index contributed by atoms with van der Waals surface area (Å²) in [5, 5.41) is 12.1. The predicted octanol–water partition coefficient (Wildman–Crippen LogP) is -1.01. The molecule has 0 aliphatic carbocycles. The fraction of sp³-hybridized carbons (Fsp3) is 0.800. The molecule has 0 saturated carbocycles. The first kappa shape index (κ1) is 24.5. The number of rotatable bonds is 8. The van der Waals surface area contributed by atoms with Gasteiger partial charge in [-0.1, -0.05) is 6.92 Å². The molecule has 0 aromatic carbocycles. The van der Waals surface area contributed by atoms with E-state index in [1.165, 1.54) is 0 Å². The van der Waals surface area contributed by atoms with E-state index >= 15 is 0 Å². The third-order valence-electron chi connectivity index (χ3n) is 3.78. The summed E-state index contributed by atoms with van der Waals surface area (Å²) in [6, 6.07) is -0.751. The number of phosphoric ester groups is 1. The van der Waals surface area contributed by atoms with E-state index in [0.717, 1.165) is 4.90 Å². The van der Waals surface area contributed by atoms with Gasteiger partial charge >= 0.3 is 29.5 Å². The summed E-state index contributed by atoms with van der Waals surface area (Å²) >= 11 is 0. The monoisotopic (exact) mass is 484 g/mol. The SMILES string of the molecule is CC1CN(C2CC(O)C(COP(=O)(O)OP(=O)(O)OP(=O)(O)O)O2)C(=O)NC1=O. The number of nitrogens with one attached hydrogen (secondary N) is 1. The first-order valence-corrected chi connectivity index (χ1v) is 12.3. The maximum atomic E-state index is 11.9. The lowest BCUT2D eigenvalue weighted by molar-refractivity contribution is -0.128. The minimum absolute atomic E-state index is 0.00461. The van der Waals surface area contributed by atoms with Gasteiger partial charge < -0.3 is 29.4 Å². The second-order valence-electron chi connectivity index (χ2n) is 6.17. The highest BCUT2D eigenvalue weighted by Gasteiger charge is 2.45. The zero-order valence-corrected chi connectivity index (χ0v) is 17.3. The van der Waals surface area contributed by atoms with E-state index in [9.17, 15) is 33.3 Å². The normalized spacial score (nSPS) is 32.6. The molecule has 0 aromatic rings. The number of imide groups is 1. The molecule has 0 bridgehead atoms. The van der Waals surface area contributed by atoms with Gasteiger partial charge in [-0.25, -0.2) is 18.5 Å². The average Bonchev–Trinajstić information content (AvgIpc) is 2.86. The van der Waals surface area contributed by atoms with Gasteiger partial charge in [0.25, 0.3) is 0 Å². The third-order valence-corrected chi connectivity index (χ3v) is 7.58. The molecule has 3 amide bonds. The highest BCUT2D eigenvalue weighted by Crippen LogP contribution is 2.66. The van der Waals surface area contributed by atoms with Gasteiger partial charge in [-0.2, -0.15) is 8.62 Å². The van der Waals surface area contributed by atoms with E-state index in [0.29, 0.717) is 0 Å². The van der Waals surface area contributed by atoms with Gasteiger partial charge in [0.1, 0.15) is 12.3 Å². The van der Waals surface area contributed by atoms with E-state index in [4.69, 9.17) is 19.4 Å². The van der Waals surface area contributed by atoms with Crippen LogP contribution in [0.4, 0.5) is 4.79 Å². The van der Waals surface area contributed by atoms with Crippen LogP contribution in [-0.2, 0) is 36.4 Å². The molecule has 2 fully saturated rings. The Morgan fingerprint density at radius 2 is 1.76 bits per heavy atom. The Labute approximate surface area is 163 Å². The summed E-state index contributed by atoms with van der Waals surface area (Å²) < 4.78 is 50.4. The zero-order chi connectivity index (χ0) is 22.2. The van der Waals surface area contributed by atoms with Gasteiger partial charge in [-0.3, -0.25) is 19.5 Å². The maximum Gasteiger partial charge on any atom is 0.490 e. The van der Waals surface area contributed by atoms with Gasteiger partial charge in [-0.15, -0.1) is 0 Å². The number of phosphoric acid groups is 3. The summed E-state index contributed by atoms with van der Waals surface area (Å²) in [6.45, 7) is 0.711. The zero-order valence-electron chi connectivity index (χ0n) is 14.6. The van der Waals surface area contributed by atoms with Gasteiger partial charge in [0.2, 0.25) is 5.91 Å². The van der Waals surface area contributed by atoms with E-state index < -0.39 is 66.4 Å². The summed E-state index contributed by atoms with van der Waals surface area (Å²) in [6.07, 6.45) is -3.67. The van der Waals surface area contributed by atoms with Crippen molar-refractivity contribution in [3.63, 3.8) is 0 Å². The Hall–Kier alpha value is -0.730. The van der Waals surface area contributed by atoms with Crippen molar-refractivity contribution in [3.8, 4) is 0 Å². The van der Waals surface area contributed by atoms with Crippen molar-refractivity contribution in [2.24, 2.45) is 5.92 Å². The maximum absolute atomic E-state index is 11.9. The van der Waals surface area contributed by atoms with Crippen molar-refractivity contribution in [1.29, 1.82) is 0 Å². The number of urea groups is 1. The largest absolute Gasteiger partial charge is 0.490 e. The number of carbonyl (C=O) groups is 2. The van der Waals surface area contributed by atoms with Crippen LogP contribution < -0.4 is 5.32 Å². The van der Waals surface area contributed by atoms with Crippen molar-refractivity contribution >= 4 is 35.4 Å². The molecule has 2 rings (SSSR count). The number of hydrogen-bond donors (Lipinski definition) is 6. The first-order valence-electron chi connectivity index (χ1n) is 7.82. The van der Waals surface area contributed by atoms with E-state index in [-0.39, 0.29) is 13.0 Å². The Bertz CT molecular complexity index is 799. The highest BCUT2D eigenvalue weighted by molar-refractivity contribution is 7.66. The van der Waals surface area contributed by atoms with Gasteiger partial charge in [0.05, 0.1) is 18.6 Å². The van der Waals surface area contributed by atoms with Crippen molar-refractivity contribution in [2.45, 2.75) is 31.8 Å². The van der Waals surface area contributed by atoms with Crippen LogP contribution in [0.3, 0.4) is 0 Å². The van der Waals surface area contributed by atoms with Crippen LogP contribution in [0.2, 0.25) is 0 Å².